The predicted molar refractivity (Wildman–Crippen MR) is 101 cm³/mol. The zero-order valence-electron chi connectivity index (χ0n) is 12.3. The van der Waals surface area contributed by atoms with Gasteiger partial charge in [0.25, 0.3) is 30.4 Å². The van der Waals surface area contributed by atoms with Gasteiger partial charge >= 0.3 is 29.6 Å². The van der Waals surface area contributed by atoms with E-state index in [1.54, 1.807) is 0 Å². The summed E-state index contributed by atoms with van der Waals surface area (Å²) in [6, 6.07) is 2.71. The SMILES string of the molecule is NC(=S)Nc1cc(S(=O)(=O)O)cc2cc(S(=O)(=O)O)cc(S(=O)(=O)O)c12.[NaH]. The molecule has 0 saturated heterocycles. The number of anilines is 1. The molecule has 0 fully saturated rings. The first kappa shape index (κ1) is 24.2. The summed E-state index contributed by atoms with van der Waals surface area (Å²) in [5, 5.41) is 1.11. The van der Waals surface area contributed by atoms with Crippen LogP contribution >= 0.6 is 12.2 Å². The third-order valence-electron chi connectivity index (χ3n) is 3.09. The van der Waals surface area contributed by atoms with Crippen LogP contribution in [0.5, 0.6) is 0 Å². The average molecular weight is 466 g/mol. The minimum atomic E-state index is -5.03. The fraction of sp³-hybridized carbons (Fsp3) is 0. The number of rotatable bonds is 4. The third kappa shape index (κ3) is 5.57. The Morgan fingerprint density at radius 1 is 0.852 bits per heavy atom. The van der Waals surface area contributed by atoms with E-state index in [-0.39, 0.29) is 46.0 Å². The van der Waals surface area contributed by atoms with Crippen LogP contribution in [0.1, 0.15) is 0 Å². The average Bonchev–Trinajstić information content (AvgIpc) is 2.42. The minimum absolute atomic E-state index is 0. The van der Waals surface area contributed by atoms with E-state index in [9.17, 15) is 34.4 Å². The van der Waals surface area contributed by atoms with E-state index in [4.69, 9.17) is 10.3 Å². The van der Waals surface area contributed by atoms with Crippen LogP contribution in [-0.2, 0) is 30.4 Å². The standard InChI is InChI=1S/C11H10N2O9S4.Na.H/c12-11(23)13-8-3-6(24(14,15)16)1-5-2-7(25(17,18)19)4-9(10(5)8)26(20,21)22;;/h1-4H,(H3,12,13,23)(H,14,15,16)(H,17,18,19)(H,20,21,22);;. The third-order valence-corrected chi connectivity index (χ3v) is 5.73. The molecule has 0 aliphatic carbocycles. The van der Waals surface area contributed by atoms with Crippen molar-refractivity contribution in [3.63, 3.8) is 0 Å². The Bertz CT molecular complexity index is 1250. The van der Waals surface area contributed by atoms with Gasteiger partial charge in [0.05, 0.1) is 15.5 Å². The first-order valence-corrected chi connectivity index (χ1v) is 10.9. The van der Waals surface area contributed by atoms with Crippen molar-refractivity contribution >= 4 is 93.7 Å². The van der Waals surface area contributed by atoms with E-state index >= 15 is 0 Å². The molecule has 0 atom stereocenters. The van der Waals surface area contributed by atoms with Gasteiger partial charge in [-0.15, -0.1) is 0 Å². The van der Waals surface area contributed by atoms with Crippen molar-refractivity contribution in [3.05, 3.63) is 24.3 Å². The molecule has 0 heterocycles. The van der Waals surface area contributed by atoms with Crippen LogP contribution in [0.25, 0.3) is 10.8 Å². The van der Waals surface area contributed by atoms with Crippen LogP contribution in [-0.4, -0.2) is 73.6 Å². The Labute approximate surface area is 181 Å². The second-order valence-electron chi connectivity index (χ2n) is 4.90. The van der Waals surface area contributed by atoms with Crippen LogP contribution in [0.2, 0.25) is 0 Å². The van der Waals surface area contributed by atoms with Crippen molar-refractivity contribution in [2.45, 2.75) is 14.7 Å². The van der Waals surface area contributed by atoms with E-state index in [1.807, 2.05) is 0 Å². The molecule has 27 heavy (non-hydrogen) atoms. The van der Waals surface area contributed by atoms with E-state index < -0.39 is 50.2 Å². The molecule has 6 N–H and O–H groups in total. The maximum absolute atomic E-state index is 11.7. The molecule has 0 unspecified atom stereocenters. The van der Waals surface area contributed by atoms with Crippen molar-refractivity contribution in [1.82, 2.24) is 0 Å². The first-order valence-electron chi connectivity index (χ1n) is 6.21. The summed E-state index contributed by atoms with van der Waals surface area (Å²) in [5.41, 5.74) is 4.94. The molecule has 2 aromatic carbocycles. The zero-order valence-corrected chi connectivity index (χ0v) is 15.6. The molecule has 0 amide bonds. The molecule has 2 rings (SSSR count). The molecule has 0 spiro atoms. The summed E-state index contributed by atoms with van der Waals surface area (Å²) in [4.78, 5) is -2.66. The Morgan fingerprint density at radius 3 is 1.67 bits per heavy atom. The number of nitrogens with one attached hydrogen (secondary N) is 1. The number of benzene rings is 2. The van der Waals surface area contributed by atoms with Gasteiger partial charge < -0.3 is 11.1 Å². The molecule has 0 bridgehead atoms. The number of nitrogens with two attached hydrogens (primary N) is 1. The monoisotopic (exact) mass is 466 g/mol. The molecular formula is C11H11N2NaO9S4. The Kier molecular flexibility index (Phi) is 7.03. The second kappa shape index (κ2) is 7.86. The van der Waals surface area contributed by atoms with Crippen molar-refractivity contribution in [3.8, 4) is 0 Å². The summed E-state index contributed by atoms with van der Waals surface area (Å²) in [6.45, 7) is 0. The fourth-order valence-corrected chi connectivity index (χ4v) is 4.19. The Morgan fingerprint density at radius 2 is 1.30 bits per heavy atom. The van der Waals surface area contributed by atoms with E-state index in [2.05, 4.69) is 17.5 Å². The number of hydrogen-bond acceptors (Lipinski definition) is 7. The molecule has 0 aromatic heterocycles. The summed E-state index contributed by atoms with van der Waals surface area (Å²) >= 11 is 4.61. The van der Waals surface area contributed by atoms with Gasteiger partial charge in [-0.2, -0.15) is 25.3 Å². The van der Waals surface area contributed by atoms with Gasteiger partial charge in [-0.25, -0.2) is 0 Å². The summed E-state index contributed by atoms with van der Waals surface area (Å²) in [5.74, 6) is 0. The number of thiocarbonyl (C=S) groups is 1. The molecule has 0 saturated carbocycles. The molecule has 0 aliphatic rings. The quantitative estimate of drug-likeness (QED) is 0.222. The fourth-order valence-electron chi connectivity index (χ4n) is 2.15. The van der Waals surface area contributed by atoms with Gasteiger partial charge in [-0.05, 0) is 41.9 Å². The zero-order chi connectivity index (χ0) is 20.1. The molecule has 2 aromatic rings. The van der Waals surface area contributed by atoms with Gasteiger partial charge in [-0.1, -0.05) is 0 Å². The summed E-state index contributed by atoms with van der Waals surface area (Å²) in [6.07, 6.45) is 0. The second-order valence-corrected chi connectivity index (χ2v) is 9.58. The van der Waals surface area contributed by atoms with Crippen LogP contribution in [0.15, 0.2) is 39.0 Å². The summed E-state index contributed by atoms with van der Waals surface area (Å²) in [7, 11) is -14.7. The van der Waals surface area contributed by atoms with Gasteiger partial charge in [0.2, 0.25) is 0 Å². The number of hydrogen-bond donors (Lipinski definition) is 5. The number of fused-ring (bicyclic) bond motifs is 1. The molecule has 0 radical (unpaired) electrons. The van der Waals surface area contributed by atoms with E-state index in [1.165, 1.54) is 0 Å². The van der Waals surface area contributed by atoms with Gasteiger partial charge in [0.1, 0.15) is 4.90 Å². The molecular weight excluding hydrogens is 455 g/mol. The first-order chi connectivity index (χ1) is 11.6. The predicted octanol–water partition coefficient (Wildman–Crippen LogP) is -0.413. The Hall–Kier alpha value is -0.880. The van der Waals surface area contributed by atoms with Gasteiger partial charge in [0.15, 0.2) is 5.11 Å². The summed E-state index contributed by atoms with van der Waals surface area (Å²) < 4.78 is 96.6. The Balaban J connectivity index is 0.00000364. The van der Waals surface area contributed by atoms with Crippen molar-refractivity contribution in [2.75, 3.05) is 5.32 Å². The van der Waals surface area contributed by atoms with Crippen LogP contribution in [0.4, 0.5) is 5.69 Å². The van der Waals surface area contributed by atoms with Crippen molar-refractivity contribution in [2.24, 2.45) is 5.73 Å². The van der Waals surface area contributed by atoms with Crippen LogP contribution in [0.3, 0.4) is 0 Å². The molecule has 11 nitrogen and oxygen atoms in total. The normalized spacial score (nSPS) is 12.4. The van der Waals surface area contributed by atoms with Crippen LogP contribution in [0, 0.1) is 0 Å². The molecule has 0 aliphatic heterocycles. The topological polar surface area (TPSA) is 201 Å². The molecule has 144 valence electrons. The van der Waals surface area contributed by atoms with E-state index in [0.717, 1.165) is 18.2 Å². The van der Waals surface area contributed by atoms with Crippen LogP contribution < -0.4 is 11.1 Å². The van der Waals surface area contributed by atoms with Crippen molar-refractivity contribution in [1.29, 1.82) is 0 Å². The maximum atomic E-state index is 11.7. The molecule has 16 heteroatoms. The van der Waals surface area contributed by atoms with Gasteiger partial charge in [0, 0.05) is 5.39 Å². The van der Waals surface area contributed by atoms with Crippen molar-refractivity contribution < 1.29 is 38.9 Å². The van der Waals surface area contributed by atoms with Gasteiger partial charge in [-0.3, -0.25) is 13.7 Å². The van der Waals surface area contributed by atoms with E-state index in [0.29, 0.717) is 6.07 Å².